The number of nitrogens with two attached hydrogens (primary N) is 1. The molecule has 0 spiro atoms. The van der Waals surface area contributed by atoms with E-state index in [1.54, 1.807) is 18.5 Å². The number of carbonyl (C=O) groups is 3. The lowest BCUT2D eigenvalue weighted by atomic mass is 9.79. The smallest absolute Gasteiger partial charge is 0.410 e. The molecule has 7 N–H and O–H groups in total. The second-order valence-corrected chi connectivity index (χ2v) is 16.0. The van der Waals surface area contributed by atoms with E-state index in [1.165, 1.54) is 11.2 Å². The van der Waals surface area contributed by atoms with Crippen LogP contribution in [0.4, 0.5) is 4.79 Å². The van der Waals surface area contributed by atoms with Crippen molar-refractivity contribution in [3.8, 4) is 0 Å². The third-order valence-electron chi connectivity index (χ3n) is 11.2. The highest BCUT2D eigenvalue weighted by atomic mass is 16.6. The van der Waals surface area contributed by atoms with E-state index in [0.717, 1.165) is 43.2 Å². The van der Waals surface area contributed by atoms with Crippen LogP contribution in [-0.2, 0) is 40.3 Å². The molecular weight excluding hydrogens is 735 g/mol. The number of aliphatic hydroxyl groups is 2. The van der Waals surface area contributed by atoms with Gasteiger partial charge in [-0.2, -0.15) is 0 Å². The van der Waals surface area contributed by atoms with E-state index in [-0.39, 0.29) is 38.5 Å². The summed E-state index contributed by atoms with van der Waals surface area (Å²) >= 11 is 0. The topological polar surface area (TPSA) is 196 Å². The number of rotatable bonds is 21. The number of amides is 3. The Morgan fingerprint density at radius 2 is 1.57 bits per heavy atom. The van der Waals surface area contributed by atoms with Gasteiger partial charge in [0.15, 0.2) is 0 Å². The van der Waals surface area contributed by atoms with Gasteiger partial charge in [-0.25, -0.2) is 9.78 Å². The Morgan fingerprint density at radius 1 is 0.879 bits per heavy atom. The van der Waals surface area contributed by atoms with E-state index < -0.39 is 54.2 Å². The van der Waals surface area contributed by atoms with E-state index in [1.807, 2.05) is 86.6 Å². The van der Waals surface area contributed by atoms with Gasteiger partial charge in [0.2, 0.25) is 11.8 Å². The molecule has 312 valence electrons. The maximum atomic E-state index is 14.2. The fraction of sp³-hybridized carbons (Fsp3) is 0.489. The number of hydrogen-bond donors (Lipinski definition) is 6. The van der Waals surface area contributed by atoms with Crippen LogP contribution in [-0.4, -0.2) is 84.9 Å². The Labute approximate surface area is 342 Å². The number of aromatic nitrogens is 3. The quantitative estimate of drug-likeness (QED) is 0.0667. The molecule has 6 atom stereocenters. The molecular formula is C45H61N7O6. The number of aliphatic hydroxyl groups excluding tert-OH is 2. The first-order chi connectivity index (χ1) is 28.0. The van der Waals surface area contributed by atoms with Crippen LogP contribution in [0.2, 0.25) is 0 Å². The Bertz CT molecular complexity index is 1790. The van der Waals surface area contributed by atoms with Crippen molar-refractivity contribution in [3.63, 3.8) is 0 Å². The summed E-state index contributed by atoms with van der Waals surface area (Å²) in [5.74, 6) is -1.16. The Hall–Kier alpha value is -5.11. The lowest BCUT2D eigenvalue weighted by Crippen LogP contribution is -2.56. The van der Waals surface area contributed by atoms with Crippen molar-refractivity contribution in [2.75, 3.05) is 6.54 Å². The second kappa shape index (κ2) is 22.7. The minimum atomic E-state index is -1.04. The number of hydrogen-bond acceptors (Lipinski definition) is 9. The molecule has 0 radical (unpaired) electrons. The normalized spacial score (nSPS) is 16.4. The van der Waals surface area contributed by atoms with Crippen molar-refractivity contribution in [2.24, 2.45) is 23.5 Å². The molecule has 2 aromatic heterocycles. The van der Waals surface area contributed by atoms with Crippen LogP contribution in [0, 0.1) is 17.8 Å². The molecule has 1 unspecified atom stereocenters. The highest BCUT2D eigenvalue weighted by Crippen LogP contribution is 2.31. The lowest BCUT2D eigenvalue weighted by molar-refractivity contribution is -0.130. The SMILES string of the molecule is CC(C)[C@H](C[C@H](O)[C@H](CC1CCCCC1)NC(=O)[C@H](Cc1cnc[nH]1)NC(=O)[C@@H](N)Cc1ccccc1)C(O)CN(Cc1ccccn1)C(=O)OCc1ccccc1. The van der Waals surface area contributed by atoms with E-state index in [9.17, 15) is 24.6 Å². The highest BCUT2D eigenvalue weighted by molar-refractivity contribution is 5.90. The van der Waals surface area contributed by atoms with E-state index in [2.05, 4.69) is 25.6 Å². The monoisotopic (exact) mass is 795 g/mol. The molecule has 3 amide bonds. The molecule has 2 heterocycles. The summed E-state index contributed by atoms with van der Waals surface area (Å²) in [6.07, 6.45) is 8.56. The van der Waals surface area contributed by atoms with Gasteiger partial charge in [0, 0.05) is 24.5 Å². The van der Waals surface area contributed by atoms with Crippen molar-refractivity contribution in [1.29, 1.82) is 0 Å². The van der Waals surface area contributed by atoms with Crippen LogP contribution in [0.1, 0.15) is 81.3 Å². The predicted molar refractivity (Wildman–Crippen MR) is 222 cm³/mol. The van der Waals surface area contributed by atoms with Crippen molar-refractivity contribution in [3.05, 3.63) is 120 Å². The molecule has 1 saturated carbocycles. The third-order valence-corrected chi connectivity index (χ3v) is 11.2. The summed E-state index contributed by atoms with van der Waals surface area (Å²) in [5.41, 5.74) is 9.37. The van der Waals surface area contributed by atoms with Crippen LogP contribution in [0.25, 0.3) is 0 Å². The zero-order chi connectivity index (χ0) is 41.3. The van der Waals surface area contributed by atoms with Gasteiger partial charge in [0.25, 0.3) is 0 Å². The highest BCUT2D eigenvalue weighted by Gasteiger charge is 2.35. The molecule has 1 aliphatic rings. The molecule has 1 fully saturated rings. The largest absolute Gasteiger partial charge is 0.445 e. The zero-order valence-corrected chi connectivity index (χ0v) is 33.8. The zero-order valence-electron chi connectivity index (χ0n) is 33.8. The Morgan fingerprint density at radius 3 is 2.21 bits per heavy atom. The Balaban J connectivity index is 1.31. The van der Waals surface area contributed by atoms with Gasteiger partial charge in [-0.15, -0.1) is 0 Å². The summed E-state index contributed by atoms with van der Waals surface area (Å²) in [7, 11) is 0. The maximum absolute atomic E-state index is 14.2. The summed E-state index contributed by atoms with van der Waals surface area (Å²) in [6.45, 7) is 4.09. The first-order valence-electron chi connectivity index (χ1n) is 20.6. The van der Waals surface area contributed by atoms with Gasteiger partial charge < -0.3 is 36.3 Å². The number of imidazole rings is 1. The minimum absolute atomic E-state index is 0.0546. The van der Waals surface area contributed by atoms with Crippen LogP contribution in [0.15, 0.2) is 97.6 Å². The van der Waals surface area contributed by atoms with Crippen molar-refractivity contribution in [1.82, 2.24) is 30.5 Å². The van der Waals surface area contributed by atoms with E-state index >= 15 is 0 Å². The predicted octanol–water partition coefficient (Wildman–Crippen LogP) is 5.08. The number of carbonyl (C=O) groups excluding carboxylic acids is 3. The number of ether oxygens (including phenoxy) is 1. The molecule has 0 bridgehead atoms. The number of H-pyrrole nitrogens is 1. The first-order valence-corrected chi connectivity index (χ1v) is 20.6. The summed E-state index contributed by atoms with van der Waals surface area (Å²) < 4.78 is 5.69. The van der Waals surface area contributed by atoms with Gasteiger partial charge in [-0.3, -0.25) is 19.5 Å². The average Bonchev–Trinajstić information content (AvgIpc) is 3.75. The number of nitrogens with zero attached hydrogens (tertiary/aromatic N) is 3. The number of aromatic amines is 1. The van der Waals surface area contributed by atoms with Gasteiger partial charge in [-0.1, -0.05) is 113 Å². The van der Waals surface area contributed by atoms with Gasteiger partial charge in [0.1, 0.15) is 12.6 Å². The fourth-order valence-electron chi connectivity index (χ4n) is 7.82. The van der Waals surface area contributed by atoms with E-state index in [0.29, 0.717) is 30.1 Å². The third kappa shape index (κ3) is 14.1. The second-order valence-electron chi connectivity index (χ2n) is 16.0. The molecule has 0 saturated heterocycles. The molecule has 1 aliphatic carbocycles. The van der Waals surface area contributed by atoms with Crippen LogP contribution < -0.4 is 16.4 Å². The molecule has 4 aromatic rings. The summed E-state index contributed by atoms with van der Waals surface area (Å²) in [5, 5.41) is 29.9. The first kappa shape index (κ1) is 44.0. The van der Waals surface area contributed by atoms with Crippen LogP contribution >= 0.6 is 0 Å². The number of benzene rings is 2. The van der Waals surface area contributed by atoms with Crippen molar-refractivity contribution >= 4 is 17.9 Å². The summed E-state index contributed by atoms with van der Waals surface area (Å²) in [4.78, 5) is 54.1. The number of nitrogens with one attached hydrogen (secondary N) is 3. The fourth-order valence-corrected chi connectivity index (χ4v) is 7.82. The molecule has 13 nitrogen and oxygen atoms in total. The van der Waals surface area contributed by atoms with Gasteiger partial charge >= 0.3 is 6.09 Å². The molecule has 58 heavy (non-hydrogen) atoms. The molecule has 2 aromatic carbocycles. The number of pyridine rings is 1. The minimum Gasteiger partial charge on any atom is -0.445 e. The molecule has 5 rings (SSSR count). The van der Waals surface area contributed by atoms with Crippen molar-refractivity contribution < 1.29 is 29.3 Å². The van der Waals surface area contributed by atoms with Gasteiger partial charge in [0.05, 0.1) is 49.4 Å². The van der Waals surface area contributed by atoms with E-state index in [4.69, 9.17) is 10.5 Å². The average molecular weight is 796 g/mol. The molecule has 0 aliphatic heterocycles. The van der Waals surface area contributed by atoms with Crippen LogP contribution in [0.3, 0.4) is 0 Å². The lowest BCUT2D eigenvalue weighted by Gasteiger charge is -2.36. The van der Waals surface area contributed by atoms with Crippen molar-refractivity contribution in [2.45, 2.75) is 115 Å². The Kier molecular flexibility index (Phi) is 17.2. The maximum Gasteiger partial charge on any atom is 0.410 e. The van der Waals surface area contributed by atoms with Gasteiger partial charge in [-0.05, 0) is 60.3 Å². The van der Waals surface area contributed by atoms with Crippen LogP contribution in [0.5, 0.6) is 0 Å². The standard InChI is InChI=1S/C45H61N7O6/c1-31(2)37(42(54)28-52(27-35-20-12-13-21-48-35)45(57)58-29-34-18-10-5-11-19-34)25-41(53)39(23-33-16-8-4-9-17-33)50-44(56)40(24-36-26-47-30-49-36)51-43(55)38(46)22-32-14-6-3-7-15-32/h3,5-7,10-15,18-21,26,30-31,33,37-42,53-54H,4,8-9,16-17,22-25,27-29,46H2,1-2H3,(H,47,49)(H,50,56)(H,51,55)/t37-,38-,39-,40-,41-,42?/m0/s1. The molecule has 13 heteroatoms. The summed E-state index contributed by atoms with van der Waals surface area (Å²) in [6, 6.07) is 21.7.